The van der Waals surface area contributed by atoms with Crippen LogP contribution in [-0.2, 0) is 6.18 Å². The van der Waals surface area contributed by atoms with Crippen molar-refractivity contribution in [1.29, 1.82) is 0 Å². The summed E-state index contributed by atoms with van der Waals surface area (Å²) in [6.45, 7) is 2.83. The summed E-state index contributed by atoms with van der Waals surface area (Å²) in [6.07, 6.45) is -4.68. The first-order chi connectivity index (χ1) is 13.0. The predicted octanol–water partition coefficient (Wildman–Crippen LogP) is 4.22. The number of pyridine rings is 1. The molecule has 0 atom stereocenters. The number of nitro benzene ring substituents is 1. The molecule has 0 fully saturated rings. The van der Waals surface area contributed by atoms with Gasteiger partial charge in [-0.25, -0.2) is 0 Å². The van der Waals surface area contributed by atoms with Crippen LogP contribution in [0.5, 0.6) is 11.5 Å². The first-order valence-corrected chi connectivity index (χ1v) is 8.37. The monoisotopic (exact) mass is 412 g/mol. The number of nitrogens with zero attached hydrogens (tertiary/aromatic N) is 4. The normalized spacial score (nSPS) is 11.6. The number of aryl methyl sites for hydroxylation is 2. The highest BCUT2D eigenvalue weighted by Crippen LogP contribution is 2.45. The van der Waals surface area contributed by atoms with Crippen molar-refractivity contribution in [2.24, 2.45) is 0 Å². The zero-order valence-electron chi connectivity index (χ0n) is 14.3. The van der Waals surface area contributed by atoms with Gasteiger partial charge in [-0.3, -0.25) is 15.1 Å². The SMILES string of the molecule is Cc1cc(C(F)(F)F)c(-c2snnc2-c2cc(O)c(O)c([N+](=O)[O-])c2)c(C)n1. The summed E-state index contributed by atoms with van der Waals surface area (Å²) < 4.78 is 44.5. The molecule has 0 spiro atoms. The molecule has 1 aromatic carbocycles. The summed E-state index contributed by atoms with van der Waals surface area (Å²) in [5.41, 5.74) is -1.94. The third-order valence-corrected chi connectivity index (χ3v) is 4.63. The summed E-state index contributed by atoms with van der Waals surface area (Å²) in [5, 5.41) is 34.2. The summed E-state index contributed by atoms with van der Waals surface area (Å²) in [6, 6.07) is 2.76. The van der Waals surface area contributed by atoms with E-state index in [0.29, 0.717) is 11.5 Å². The first-order valence-electron chi connectivity index (χ1n) is 7.59. The molecule has 0 saturated heterocycles. The number of phenols is 2. The smallest absolute Gasteiger partial charge is 0.417 e. The largest absolute Gasteiger partial charge is 0.504 e. The average Bonchev–Trinajstić information content (AvgIpc) is 3.04. The summed E-state index contributed by atoms with van der Waals surface area (Å²) in [5.74, 6) is -1.76. The molecule has 0 radical (unpaired) electrons. The lowest BCUT2D eigenvalue weighted by molar-refractivity contribution is -0.385. The van der Waals surface area contributed by atoms with Crippen molar-refractivity contribution in [3.05, 3.63) is 45.3 Å². The topological polar surface area (TPSA) is 122 Å². The average molecular weight is 412 g/mol. The fourth-order valence-electron chi connectivity index (χ4n) is 2.76. The minimum absolute atomic E-state index is 0.0169. The van der Waals surface area contributed by atoms with Crippen LogP contribution < -0.4 is 0 Å². The van der Waals surface area contributed by atoms with E-state index in [1.807, 2.05) is 0 Å². The molecule has 3 rings (SSSR count). The number of hydrogen-bond donors (Lipinski definition) is 2. The lowest BCUT2D eigenvalue weighted by Gasteiger charge is -2.15. The molecule has 2 N–H and O–H groups in total. The molecular weight excluding hydrogens is 401 g/mol. The summed E-state index contributed by atoms with van der Waals surface area (Å²) in [7, 11) is 0. The minimum atomic E-state index is -4.68. The van der Waals surface area contributed by atoms with E-state index in [9.17, 15) is 33.5 Å². The molecule has 2 aromatic heterocycles. The van der Waals surface area contributed by atoms with Crippen molar-refractivity contribution in [2.75, 3.05) is 0 Å². The van der Waals surface area contributed by atoms with Crippen molar-refractivity contribution >= 4 is 17.2 Å². The second kappa shape index (κ2) is 6.71. The fourth-order valence-corrected chi connectivity index (χ4v) is 3.56. The van der Waals surface area contributed by atoms with Gasteiger partial charge in [-0.2, -0.15) is 13.2 Å². The van der Waals surface area contributed by atoms with Crippen LogP contribution in [0.4, 0.5) is 18.9 Å². The predicted molar refractivity (Wildman–Crippen MR) is 93.0 cm³/mol. The zero-order valence-corrected chi connectivity index (χ0v) is 15.1. The van der Waals surface area contributed by atoms with E-state index in [2.05, 4.69) is 14.6 Å². The number of halogens is 3. The van der Waals surface area contributed by atoms with Crippen molar-refractivity contribution in [3.8, 4) is 33.2 Å². The molecule has 0 bridgehead atoms. The molecule has 0 saturated carbocycles. The quantitative estimate of drug-likeness (QED) is 0.375. The van der Waals surface area contributed by atoms with Crippen molar-refractivity contribution in [2.45, 2.75) is 20.0 Å². The Morgan fingerprint density at radius 1 is 1.18 bits per heavy atom. The lowest BCUT2D eigenvalue weighted by atomic mass is 9.99. The third kappa shape index (κ3) is 3.33. The van der Waals surface area contributed by atoms with Crippen LogP contribution in [0.3, 0.4) is 0 Å². The Labute approximate surface area is 159 Å². The molecule has 0 unspecified atom stereocenters. The molecule has 8 nitrogen and oxygen atoms in total. The fraction of sp³-hybridized carbons (Fsp3) is 0.188. The van der Waals surface area contributed by atoms with Gasteiger partial charge in [0.1, 0.15) is 5.69 Å². The number of nitro groups is 1. The van der Waals surface area contributed by atoms with Crippen LogP contribution in [0.25, 0.3) is 21.7 Å². The Morgan fingerprint density at radius 3 is 2.46 bits per heavy atom. The highest BCUT2D eigenvalue weighted by atomic mass is 32.1. The molecule has 2 heterocycles. The Hall–Kier alpha value is -3.28. The Morgan fingerprint density at radius 2 is 1.86 bits per heavy atom. The van der Waals surface area contributed by atoms with Gasteiger partial charge in [0.15, 0.2) is 5.75 Å². The summed E-state index contributed by atoms with van der Waals surface area (Å²) >= 11 is 0.657. The van der Waals surface area contributed by atoms with Gasteiger partial charge in [0, 0.05) is 28.6 Å². The molecule has 146 valence electrons. The van der Waals surface area contributed by atoms with Crippen LogP contribution in [0.2, 0.25) is 0 Å². The first kappa shape index (κ1) is 19.5. The van der Waals surface area contributed by atoms with Gasteiger partial charge in [0.05, 0.1) is 15.4 Å². The van der Waals surface area contributed by atoms with Gasteiger partial charge in [0.25, 0.3) is 0 Å². The maximum absolute atomic E-state index is 13.6. The number of aromatic hydroxyl groups is 2. The molecule has 28 heavy (non-hydrogen) atoms. The van der Waals surface area contributed by atoms with Gasteiger partial charge in [-0.1, -0.05) is 4.49 Å². The Kier molecular flexibility index (Phi) is 4.67. The zero-order chi connectivity index (χ0) is 20.8. The van der Waals surface area contributed by atoms with Crippen molar-refractivity contribution in [3.63, 3.8) is 0 Å². The van der Waals surface area contributed by atoms with Crippen LogP contribution in [0, 0.1) is 24.0 Å². The molecule has 0 aliphatic rings. The van der Waals surface area contributed by atoms with E-state index in [1.54, 1.807) is 0 Å². The molecule has 3 aromatic rings. The second-order valence-corrected chi connectivity index (χ2v) is 6.59. The number of alkyl halides is 3. The maximum Gasteiger partial charge on any atom is 0.417 e. The highest BCUT2D eigenvalue weighted by molar-refractivity contribution is 7.10. The van der Waals surface area contributed by atoms with Crippen molar-refractivity contribution < 1.29 is 28.3 Å². The van der Waals surface area contributed by atoms with Crippen LogP contribution in [-0.4, -0.2) is 29.7 Å². The van der Waals surface area contributed by atoms with E-state index in [4.69, 9.17) is 0 Å². The maximum atomic E-state index is 13.6. The molecule has 0 amide bonds. The van der Waals surface area contributed by atoms with Crippen LogP contribution >= 0.6 is 11.5 Å². The lowest BCUT2D eigenvalue weighted by Crippen LogP contribution is -2.10. The van der Waals surface area contributed by atoms with E-state index in [0.717, 1.165) is 18.2 Å². The number of rotatable bonds is 3. The van der Waals surface area contributed by atoms with Crippen LogP contribution in [0.15, 0.2) is 18.2 Å². The number of hydrogen-bond acceptors (Lipinski definition) is 8. The van der Waals surface area contributed by atoms with E-state index >= 15 is 0 Å². The third-order valence-electron chi connectivity index (χ3n) is 3.89. The number of phenolic OH excluding ortho intramolecular Hbond substituents is 2. The summed E-state index contributed by atoms with van der Waals surface area (Å²) in [4.78, 5) is 14.2. The molecule has 12 heteroatoms. The van der Waals surface area contributed by atoms with Gasteiger partial charge < -0.3 is 10.2 Å². The van der Waals surface area contributed by atoms with E-state index in [1.165, 1.54) is 13.8 Å². The van der Waals surface area contributed by atoms with Crippen LogP contribution in [0.1, 0.15) is 17.0 Å². The van der Waals surface area contributed by atoms with Gasteiger partial charge in [-0.15, -0.1) is 5.10 Å². The Bertz CT molecular complexity index is 1100. The van der Waals surface area contributed by atoms with Crippen molar-refractivity contribution in [1.82, 2.24) is 14.6 Å². The Balaban J connectivity index is 2.30. The minimum Gasteiger partial charge on any atom is -0.504 e. The molecule has 0 aliphatic heterocycles. The number of benzene rings is 1. The second-order valence-electron chi connectivity index (χ2n) is 5.84. The van der Waals surface area contributed by atoms with Gasteiger partial charge in [0.2, 0.25) is 5.75 Å². The van der Waals surface area contributed by atoms with Gasteiger partial charge in [-0.05, 0) is 37.5 Å². The molecular formula is C16H11F3N4O4S. The number of aromatic nitrogens is 3. The molecule has 0 aliphatic carbocycles. The standard InChI is InChI=1S/C16H11F3N4O4S/c1-6-3-9(16(17,18)19)12(7(2)20-6)15-13(21-22-28-15)8-4-10(23(26)27)14(25)11(24)5-8/h3-5,24-25H,1-2H3. The van der Waals surface area contributed by atoms with Gasteiger partial charge >= 0.3 is 11.9 Å². The van der Waals surface area contributed by atoms with E-state index < -0.39 is 33.8 Å². The van der Waals surface area contributed by atoms with E-state index in [-0.39, 0.29) is 33.1 Å². The highest BCUT2D eigenvalue weighted by Gasteiger charge is 2.37.